The van der Waals surface area contributed by atoms with E-state index in [1.807, 2.05) is 176 Å². The first-order valence-corrected chi connectivity index (χ1v) is 53.3. The fourth-order valence-electron chi connectivity index (χ4n) is 17.9. The summed E-state index contributed by atoms with van der Waals surface area (Å²) in [6.45, 7) is 8.43. The molecule has 0 radical (unpaired) electrons. The molecule has 6 aromatic carbocycles. The molecule has 1 unspecified atom stereocenters. The summed E-state index contributed by atoms with van der Waals surface area (Å²) in [6.07, 6.45) is 24.7. The molecule has 3 heterocycles. The second-order valence-electron chi connectivity index (χ2n) is 37.3. The van der Waals surface area contributed by atoms with E-state index in [9.17, 15) is 15.0 Å². The van der Waals surface area contributed by atoms with Crippen molar-refractivity contribution in [3.05, 3.63) is 215 Å². The van der Waals surface area contributed by atoms with E-state index in [-0.39, 0.29) is 78.5 Å². The molecule has 2 amide bonds. The third-order valence-corrected chi connectivity index (χ3v) is 27.3. The topological polar surface area (TPSA) is 270 Å². The van der Waals surface area contributed by atoms with Crippen LogP contribution in [0.1, 0.15) is 349 Å². The number of carbonyl (C=O) groups excluding carboxylic acids is 4. The van der Waals surface area contributed by atoms with Gasteiger partial charge in [-0.1, -0.05) is 435 Å². The van der Waals surface area contributed by atoms with Crippen LogP contribution in [-0.4, -0.2) is 133 Å². The molecule has 22 nitrogen and oxygen atoms in total. The zero-order valence-corrected chi connectivity index (χ0v) is 82.4. The molecule has 23 heteroatoms. The second kappa shape index (κ2) is 67.3. The van der Waals surface area contributed by atoms with Crippen molar-refractivity contribution in [1.82, 2.24) is 10.6 Å². The fraction of sp³-hybridized carbons (Fsp3) is 0.640. The molecule has 0 saturated carbocycles. The Morgan fingerprint density at radius 1 is 0.351 bits per heavy atom. The average molecular weight is 1880 g/mol. The molecule has 9 rings (SSSR count). The van der Waals surface area contributed by atoms with Gasteiger partial charge in [0, 0.05) is 0 Å². The molecule has 744 valence electrons. The molecule has 0 aliphatic carbocycles. The highest BCUT2D eigenvalue weighted by molar-refractivity contribution is 7.48. The number of unbranched alkanes of at least 4 members (excludes halogenated alkanes) is 32. The fourth-order valence-corrected chi connectivity index (χ4v) is 19.3. The van der Waals surface area contributed by atoms with Gasteiger partial charge in [-0.25, -0.2) is 4.57 Å². The lowest BCUT2D eigenvalue weighted by molar-refractivity contribution is -0.300. The van der Waals surface area contributed by atoms with Crippen molar-refractivity contribution >= 4 is 31.6 Å². The lowest BCUT2D eigenvalue weighted by Gasteiger charge is -2.47. The predicted octanol–water partition coefficient (Wildman–Crippen LogP) is 24.6. The molecule has 14 atom stereocenters. The molecule has 6 aromatic rings. The summed E-state index contributed by atoms with van der Waals surface area (Å²) in [7, 11) is -4.75. The van der Waals surface area contributed by atoms with Crippen molar-refractivity contribution in [3.63, 3.8) is 0 Å². The molecule has 134 heavy (non-hydrogen) atoms. The lowest BCUT2D eigenvalue weighted by Crippen LogP contribution is -2.68. The highest BCUT2D eigenvalue weighted by Gasteiger charge is 2.55. The van der Waals surface area contributed by atoms with Gasteiger partial charge < -0.3 is 68.2 Å². The molecule has 3 aliphatic heterocycles. The largest absolute Gasteiger partial charge is 0.475 e. The number of nitrogens with one attached hydrogen (secondary N) is 2. The monoisotopic (exact) mass is 1880 g/mol. The summed E-state index contributed by atoms with van der Waals surface area (Å²) in [4.78, 5) is 61.8. The maximum absolute atomic E-state index is 15.8. The van der Waals surface area contributed by atoms with Crippen LogP contribution >= 0.6 is 7.82 Å². The van der Waals surface area contributed by atoms with Gasteiger partial charge in [0.05, 0.1) is 110 Å². The van der Waals surface area contributed by atoms with Gasteiger partial charge in [0.2, 0.25) is 11.8 Å². The minimum absolute atomic E-state index is 0.0454. The van der Waals surface area contributed by atoms with Crippen LogP contribution in [-0.2, 0) is 131 Å². The van der Waals surface area contributed by atoms with Gasteiger partial charge >= 0.3 is 19.8 Å². The minimum atomic E-state index is -4.75. The number of hydrogen-bond donors (Lipinski definition) is 4. The van der Waals surface area contributed by atoms with Crippen molar-refractivity contribution < 1.29 is 94.9 Å². The zero-order chi connectivity index (χ0) is 94.5. The first-order valence-electron chi connectivity index (χ1n) is 51.8. The van der Waals surface area contributed by atoms with Gasteiger partial charge in [-0.2, -0.15) is 0 Å². The zero-order valence-electron chi connectivity index (χ0n) is 81.5. The van der Waals surface area contributed by atoms with Crippen LogP contribution in [0.4, 0.5) is 0 Å². The maximum Gasteiger partial charge on any atom is 0.475 e. The third kappa shape index (κ3) is 44.4. The van der Waals surface area contributed by atoms with E-state index < -0.39 is 124 Å². The Bertz CT molecular complexity index is 4050. The second-order valence-corrected chi connectivity index (χ2v) is 38.9. The molecule has 0 bridgehead atoms. The van der Waals surface area contributed by atoms with Crippen molar-refractivity contribution in [2.24, 2.45) is 0 Å². The normalized spacial score (nSPS) is 20.3. The van der Waals surface area contributed by atoms with Crippen LogP contribution in [0.5, 0.6) is 0 Å². The summed E-state index contributed by atoms with van der Waals surface area (Å²) < 4.78 is 103. The summed E-state index contributed by atoms with van der Waals surface area (Å²) in [5.41, 5.74) is 5.89. The molecule has 3 aliphatic rings. The summed E-state index contributed by atoms with van der Waals surface area (Å²) in [5.74, 6) is -2.61. The molecule has 0 spiro atoms. The first-order chi connectivity index (χ1) is 65.7. The molecule has 0 aromatic heterocycles. The third-order valence-electron chi connectivity index (χ3n) is 25.9. The number of fused-ring (bicyclic) bond motifs is 1. The van der Waals surface area contributed by atoms with E-state index >= 15 is 18.9 Å². The summed E-state index contributed by atoms with van der Waals surface area (Å²) >= 11 is 0. The maximum atomic E-state index is 15.8. The number of phosphoric acid groups is 1. The van der Waals surface area contributed by atoms with Crippen LogP contribution < -0.4 is 10.6 Å². The Hall–Kier alpha value is -7.09. The van der Waals surface area contributed by atoms with E-state index in [0.717, 1.165) is 150 Å². The van der Waals surface area contributed by atoms with Crippen molar-refractivity contribution in [3.8, 4) is 0 Å². The number of carbonyl (C=O) groups is 4. The molecule has 4 N–H and O–H groups in total. The predicted molar refractivity (Wildman–Crippen MR) is 526 cm³/mol. The Kier molecular flexibility index (Phi) is 55.5. The standard InChI is InChI=1S/C111H165N2O20P/c1-5-9-13-17-21-25-29-33-52-70-94(122-79-88-60-44-38-45-61-88)74-100(114)112-104-108(131-102(116)76-96(124-81-90-64-48-40-49-65-90)72-54-35-31-27-23-19-15-11-7-3)106(118)98(129-110(104)119)86-126-111-105(113-101(115)75-95(123-80-89-62-46-39-47-63-89)71-53-34-30-26-22-18-14-10-6-2)109(132-103(117)77-97(125-82-91-66-50-41-51-67-91)73-55-36-32-28-24-20-16-12-8-4)107(99(130-111)85-121-78-87-58-42-37-43-59-87)133-134(120)127-83-92-68-56-57-69-93(92)84-128-134/h37-51,56-69,94-99,104-111,118-119H,5-36,52-55,70-86H2,1-4H3,(H,112,114)(H,113,115)/t94-,95-,96-,97-,98+,99+,104+,105+,106+,107+,108+,109+,110?,111+/m0/s1. The van der Waals surface area contributed by atoms with Crippen LogP contribution in [0.15, 0.2) is 176 Å². The highest BCUT2D eigenvalue weighted by Crippen LogP contribution is 2.55. The quantitative estimate of drug-likeness (QED) is 0.0157. The van der Waals surface area contributed by atoms with Crippen molar-refractivity contribution in [1.29, 1.82) is 0 Å². The van der Waals surface area contributed by atoms with Crippen LogP contribution in [0.2, 0.25) is 0 Å². The Balaban J connectivity index is 1.08. The number of aliphatic hydroxyl groups excluding tert-OH is 2. The number of hydrogen-bond acceptors (Lipinski definition) is 20. The van der Waals surface area contributed by atoms with Gasteiger partial charge in [-0.05, 0) is 64.6 Å². The van der Waals surface area contributed by atoms with Gasteiger partial charge in [-0.3, -0.25) is 32.7 Å². The lowest BCUT2D eigenvalue weighted by atomic mass is 9.95. The number of phosphoric ester groups is 1. The van der Waals surface area contributed by atoms with Gasteiger partial charge in [0.25, 0.3) is 0 Å². The van der Waals surface area contributed by atoms with Crippen LogP contribution in [0.3, 0.4) is 0 Å². The highest BCUT2D eigenvalue weighted by atomic mass is 31.2. The number of benzene rings is 6. The average Bonchev–Trinajstić information content (AvgIpc) is 0.838. The van der Waals surface area contributed by atoms with Crippen molar-refractivity contribution in [2.45, 2.75) is 442 Å². The smallest absolute Gasteiger partial charge is 0.457 e. The minimum Gasteiger partial charge on any atom is -0.457 e. The SMILES string of the molecule is CCCCCCCCCCC[C@@H](CC(=O)N[C@H]1[C@H](OC[C@H]2OC(O)[C@H](NC(=O)C[C@H](CCCCCCCCCCC)OCc3ccccc3)[C@@H](OC(=O)C[C@H](CCCCCCCCCCC)OCc3ccccc3)[C@@H]2O)O[C@H](COCc2ccccc2)[C@@H](OP2(=O)OCc3ccccc3CO2)[C@@H]1OC(=O)C[C@H](CCCCCCCCCCC)OCc1ccccc1)OCc1ccccc1. The number of ether oxygens (including phenoxy) is 10. The number of amides is 2. The first kappa shape index (κ1) is 111. The van der Waals surface area contributed by atoms with E-state index in [2.05, 4.69) is 38.3 Å². The Labute approximate surface area is 802 Å². The van der Waals surface area contributed by atoms with Crippen molar-refractivity contribution in [2.75, 3.05) is 13.2 Å². The van der Waals surface area contributed by atoms with E-state index in [4.69, 9.17) is 60.9 Å². The molecular formula is C111H165N2O20P. The number of rotatable bonds is 73. The van der Waals surface area contributed by atoms with E-state index in [1.165, 1.54) is 109 Å². The van der Waals surface area contributed by atoms with E-state index in [0.29, 0.717) is 36.8 Å². The van der Waals surface area contributed by atoms with Crippen LogP contribution in [0, 0.1) is 0 Å². The molecule has 2 fully saturated rings. The Morgan fingerprint density at radius 3 is 1.01 bits per heavy atom. The van der Waals surface area contributed by atoms with Crippen LogP contribution in [0.25, 0.3) is 0 Å². The molecule has 2 saturated heterocycles. The van der Waals surface area contributed by atoms with Gasteiger partial charge in [-0.15, -0.1) is 0 Å². The van der Waals surface area contributed by atoms with Gasteiger partial charge in [0.15, 0.2) is 24.8 Å². The summed E-state index contributed by atoms with van der Waals surface area (Å²) in [5, 5.41) is 32.2. The number of esters is 2. The Morgan fingerprint density at radius 2 is 0.657 bits per heavy atom. The summed E-state index contributed by atoms with van der Waals surface area (Å²) in [6, 6.07) is 52.7. The van der Waals surface area contributed by atoms with E-state index in [1.54, 1.807) is 0 Å². The van der Waals surface area contributed by atoms with Gasteiger partial charge in [0.1, 0.15) is 36.5 Å². The molecular weight excluding hydrogens is 1710 g/mol. The number of aliphatic hydroxyl groups is 2.